The van der Waals surface area contributed by atoms with Crippen LogP contribution in [0, 0.1) is 20.8 Å². The second kappa shape index (κ2) is 5.19. The lowest BCUT2D eigenvalue weighted by Crippen LogP contribution is -1.96. The molecule has 0 saturated heterocycles. The van der Waals surface area contributed by atoms with Gasteiger partial charge in [-0.15, -0.1) is 0 Å². The number of benzene rings is 1. The van der Waals surface area contributed by atoms with Crippen LogP contribution in [0.25, 0.3) is 0 Å². The minimum absolute atomic E-state index is 0.0539. The van der Waals surface area contributed by atoms with Gasteiger partial charge in [-0.25, -0.2) is 0 Å². The minimum Gasteiger partial charge on any atom is -0.455 e. The molecule has 94 valence electrons. The summed E-state index contributed by atoms with van der Waals surface area (Å²) in [6.45, 7) is 6.07. The summed E-state index contributed by atoms with van der Waals surface area (Å²) in [5.41, 5.74) is 4.19. The molecule has 2 aromatic rings. The zero-order valence-corrected chi connectivity index (χ0v) is 10.9. The summed E-state index contributed by atoms with van der Waals surface area (Å²) in [4.78, 5) is 4.03. The molecule has 0 atom stereocenters. The van der Waals surface area contributed by atoms with Crippen LogP contribution in [0.3, 0.4) is 0 Å². The van der Waals surface area contributed by atoms with E-state index in [2.05, 4.69) is 18.0 Å². The van der Waals surface area contributed by atoms with E-state index in [0.717, 1.165) is 22.4 Å². The van der Waals surface area contributed by atoms with E-state index >= 15 is 0 Å². The molecular weight excluding hydrogens is 226 g/mol. The first-order valence-corrected chi connectivity index (χ1v) is 5.91. The topological polar surface area (TPSA) is 42.4 Å². The summed E-state index contributed by atoms with van der Waals surface area (Å²) in [7, 11) is 0. The summed E-state index contributed by atoms with van der Waals surface area (Å²) >= 11 is 0. The number of ether oxygens (including phenoxy) is 1. The molecule has 0 amide bonds. The van der Waals surface area contributed by atoms with E-state index in [0.29, 0.717) is 5.75 Å². The fourth-order valence-corrected chi connectivity index (χ4v) is 1.86. The number of hydrogen-bond acceptors (Lipinski definition) is 3. The van der Waals surface area contributed by atoms with Gasteiger partial charge in [0, 0.05) is 11.8 Å². The molecule has 0 spiro atoms. The molecule has 2 rings (SSSR count). The first-order valence-electron chi connectivity index (χ1n) is 5.91. The molecular formula is C15H17NO2. The van der Waals surface area contributed by atoms with Crippen molar-refractivity contribution in [3.63, 3.8) is 0 Å². The Kier molecular flexibility index (Phi) is 3.63. The van der Waals surface area contributed by atoms with E-state index < -0.39 is 0 Å². The van der Waals surface area contributed by atoms with Crippen LogP contribution in [-0.2, 0) is 6.61 Å². The molecule has 1 N–H and O–H groups in total. The van der Waals surface area contributed by atoms with E-state index in [1.165, 1.54) is 5.56 Å². The summed E-state index contributed by atoms with van der Waals surface area (Å²) in [5, 5.41) is 9.27. The van der Waals surface area contributed by atoms with Gasteiger partial charge in [0.1, 0.15) is 5.75 Å². The fourth-order valence-electron chi connectivity index (χ4n) is 1.86. The Labute approximate surface area is 107 Å². The third kappa shape index (κ3) is 2.51. The molecule has 0 unspecified atom stereocenters. The second-order valence-corrected chi connectivity index (χ2v) is 4.45. The molecule has 0 fully saturated rings. The van der Waals surface area contributed by atoms with Crippen LogP contribution in [-0.4, -0.2) is 10.1 Å². The zero-order valence-electron chi connectivity index (χ0n) is 10.9. The summed E-state index contributed by atoms with van der Waals surface area (Å²) in [5.74, 6) is 1.42. The van der Waals surface area contributed by atoms with Crippen molar-refractivity contribution in [2.45, 2.75) is 27.4 Å². The maximum atomic E-state index is 9.27. The van der Waals surface area contributed by atoms with Crippen LogP contribution in [0.5, 0.6) is 11.5 Å². The molecule has 18 heavy (non-hydrogen) atoms. The predicted molar refractivity (Wildman–Crippen MR) is 70.9 cm³/mol. The monoisotopic (exact) mass is 243 g/mol. The number of aliphatic hydroxyl groups excluding tert-OH is 1. The van der Waals surface area contributed by atoms with Crippen molar-refractivity contribution in [2.75, 3.05) is 0 Å². The lowest BCUT2D eigenvalue weighted by atomic mass is 10.1. The molecule has 1 aromatic heterocycles. The number of nitrogens with zero attached hydrogens (tertiary/aromatic N) is 1. The van der Waals surface area contributed by atoms with Gasteiger partial charge in [0.15, 0.2) is 5.75 Å². The standard InChI is InChI=1S/C15H17NO2/c1-10-6-11(2)12(3)14(7-10)18-15-8-16-5-4-13(15)9-17/h4-8,17H,9H2,1-3H3. The Morgan fingerprint density at radius 3 is 2.67 bits per heavy atom. The molecule has 1 aromatic carbocycles. The van der Waals surface area contributed by atoms with Gasteiger partial charge in [-0.3, -0.25) is 4.98 Å². The maximum Gasteiger partial charge on any atom is 0.151 e. The third-order valence-electron chi connectivity index (χ3n) is 3.02. The Hall–Kier alpha value is -1.87. The summed E-state index contributed by atoms with van der Waals surface area (Å²) < 4.78 is 5.87. The highest BCUT2D eigenvalue weighted by molar-refractivity contribution is 5.45. The van der Waals surface area contributed by atoms with Gasteiger partial charge in [0.25, 0.3) is 0 Å². The normalized spacial score (nSPS) is 10.4. The van der Waals surface area contributed by atoms with Gasteiger partial charge in [-0.05, 0) is 49.6 Å². The average molecular weight is 243 g/mol. The molecule has 0 aliphatic carbocycles. The minimum atomic E-state index is -0.0539. The number of hydrogen-bond donors (Lipinski definition) is 1. The first kappa shape index (κ1) is 12.6. The summed E-state index contributed by atoms with van der Waals surface area (Å²) in [6, 6.07) is 5.88. The van der Waals surface area contributed by atoms with Gasteiger partial charge >= 0.3 is 0 Å². The van der Waals surface area contributed by atoms with Crippen molar-refractivity contribution in [1.29, 1.82) is 0 Å². The van der Waals surface area contributed by atoms with E-state index in [9.17, 15) is 5.11 Å². The van der Waals surface area contributed by atoms with Crippen LogP contribution in [0.1, 0.15) is 22.3 Å². The SMILES string of the molecule is Cc1cc(C)c(C)c(Oc2cnccc2CO)c1. The van der Waals surface area contributed by atoms with Gasteiger partial charge in [-0.2, -0.15) is 0 Å². The number of aryl methyl sites for hydroxylation is 2. The van der Waals surface area contributed by atoms with Crippen LogP contribution in [0.4, 0.5) is 0 Å². The molecule has 1 heterocycles. The smallest absolute Gasteiger partial charge is 0.151 e. The molecule has 0 bridgehead atoms. The Balaban J connectivity index is 2.40. The molecule has 0 saturated carbocycles. The van der Waals surface area contributed by atoms with Gasteiger partial charge in [-0.1, -0.05) is 6.07 Å². The van der Waals surface area contributed by atoms with Crippen LogP contribution >= 0.6 is 0 Å². The quantitative estimate of drug-likeness (QED) is 0.899. The largest absolute Gasteiger partial charge is 0.455 e. The average Bonchev–Trinajstić information content (AvgIpc) is 2.36. The van der Waals surface area contributed by atoms with Crippen molar-refractivity contribution in [2.24, 2.45) is 0 Å². The van der Waals surface area contributed by atoms with E-state index in [4.69, 9.17) is 4.74 Å². The highest BCUT2D eigenvalue weighted by atomic mass is 16.5. The highest BCUT2D eigenvalue weighted by Crippen LogP contribution is 2.29. The third-order valence-corrected chi connectivity index (χ3v) is 3.02. The molecule has 3 heteroatoms. The van der Waals surface area contributed by atoms with Gasteiger partial charge < -0.3 is 9.84 Å². The second-order valence-electron chi connectivity index (χ2n) is 4.45. The maximum absolute atomic E-state index is 9.27. The molecule has 0 aliphatic rings. The number of pyridine rings is 1. The first-order chi connectivity index (χ1) is 8.61. The Morgan fingerprint density at radius 2 is 1.94 bits per heavy atom. The number of rotatable bonds is 3. The lowest BCUT2D eigenvalue weighted by molar-refractivity contribution is 0.276. The van der Waals surface area contributed by atoms with Crippen LogP contribution in [0.15, 0.2) is 30.6 Å². The number of aromatic nitrogens is 1. The van der Waals surface area contributed by atoms with Crippen molar-refractivity contribution < 1.29 is 9.84 Å². The molecule has 0 radical (unpaired) electrons. The van der Waals surface area contributed by atoms with Crippen molar-refractivity contribution in [3.8, 4) is 11.5 Å². The van der Waals surface area contributed by atoms with E-state index in [1.807, 2.05) is 19.9 Å². The van der Waals surface area contributed by atoms with Crippen molar-refractivity contribution in [3.05, 3.63) is 52.8 Å². The predicted octanol–water partition coefficient (Wildman–Crippen LogP) is 3.29. The Morgan fingerprint density at radius 1 is 1.17 bits per heavy atom. The fraction of sp³-hybridized carbons (Fsp3) is 0.267. The summed E-state index contributed by atoms with van der Waals surface area (Å²) in [6.07, 6.45) is 3.27. The van der Waals surface area contributed by atoms with E-state index in [1.54, 1.807) is 18.5 Å². The van der Waals surface area contributed by atoms with Crippen LogP contribution < -0.4 is 4.74 Å². The number of aliphatic hydroxyl groups is 1. The van der Waals surface area contributed by atoms with Gasteiger partial charge in [0.05, 0.1) is 12.8 Å². The molecule has 0 aliphatic heterocycles. The lowest BCUT2D eigenvalue weighted by Gasteiger charge is -2.13. The zero-order chi connectivity index (χ0) is 13.1. The van der Waals surface area contributed by atoms with Crippen molar-refractivity contribution in [1.82, 2.24) is 4.98 Å². The molecule has 3 nitrogen and oxygen atoms in total. The van der Waals surface area contributed by atoms with Crippen LogP contribution in [0.2, 0.25) is 0 Å². The van der Waals surface area contributed by atoms with Crippen molar-refractivity contribution >= 4 is 0 Å². The Bertz CT molecular complexity index is 564. The highest BCUT2D eigenvalue weighted by Gasteiger charge is 2.08. The van der Waals surface area contributed by atoms with Gasteiger partial charge in [0.2, 0.25) is 0 Å². The van der Waals surface area contributed by atoms with E-state index in [-0.39, 0.29) is 6.61 Å².